The molecule has 1 aliphatic heterocycles. The first-order valence-corrected chi connectivity index (χ1v) is 7.09. The van der Waals surface area contributed by atoms with Crippen LogP contribution < -0.4 is 0 Å². The van der Waals surface area contributed by atoms with Gasteiger partial charge in [0.2, 0.25) is 0 Å². The van der Waals surface area contributed by atoms with E-state index in [1.54, 1.807) is 0 Å². The largest absolute Gasteiger partial charge is 0.388 e. The van der Waals surface area contributed by atoms with Crippen LogP contribution in [0, 0.1) is 17.3 Å². The molecule has 18 heavy (non-hydrogen) atoms. The Morgan fingerprint density at radius 2 is 1.94 bits per heavy atom. The Balaban J connectivity index is 1.96. The van der Waals surface area contributed by atoms with Crippen molar-refractivity contribution in [3.63, 3.8) is 0 Å². The monoisotopic (exact) mass is 252 g/mol. The molecule has 1 saturated heterocycles. The first-order chi connectivity index (χ1) is 8.45. The van der Waals surface area contributed by atoms with E-state index in [0.29, 0.717) is 11.8 Å². The molecule has 0 bridgehead atoms. The summed E-state index contributed by atoms with van der Waals surface area (Å²) >= 11 is 0. The highest BCUT2D eigenvalue weighted by Gasteiger charge is 2.55. The fraction of sp³-hybridized carbons (Fsp3) is 0.867. The second kappa shape index (κ2) is 4.06. The smallest absolute Gasteiger partial charge is 0.171 e. The average Bonchev–Trinajstić information content (AvgIpc) is 2.87. The van der Waals surface area contributed by atoms with Gasteiger partial charge >= 0.3 is 0 Å². The molecule has 2 aliphatic carbocycles. The minimum atomic E-state index is -0.360. The van der Waals surface area contributed by atoms with E-state index in [9.17, 15) is 5.11 Å². The Hall–Kier alpha value is -0.380. The van der Waals surface area contributed by atoms with Crippen LogP contribution >= 0.6 is 0 Å². The Labute approximate surface area is 109 Å². The van der Waals surface area contributed by atoms with Crippen molar-refractivity contribution >= 4 is 0 Å². The van der Waals surface area contributed by atoms with E-state index in [4.69, 9.17) is 9.47 Å². The molecule has 3 atom stereocenters. The van der Waals surface area contributed by atoms with Gasteiger partial charge in [0.25, 0.3) is 0 Å². The molecule has 1 saturated carbocycles. The lowest BCUT2D eigenvalue weighted by atomic mass is 9.76. The molecule has 0 aromatic carbocycles. The van der Waals surface area contributed by atoms with E-state index in [1.807, 2.05) is 0 Å². The molecule has 0 radical (unpaired) electrons. The van der Waals surface area contributed by atoms with E-state index in [0.717, 1.165) is 32.5 Å². The highest BCUT2D eigenvalue weighted by molar-refractivity contribution is 5.18. The minimum Gasteiger partial charge on any atom is -0.388 e. The van der Waals surface area contributed by atoms with Crippen molar-refractivity contribution in [3.8, 4) is 0 Å². The van der Waals surface area contributed by atoms with Crippen molar-refractivity contribution in [2.45, 2.75) is 51.9 Å². The first kappa shape index (κ1) is 12.6. The summed E-state index contributed by atoms with van der Waals surface area (Å²) in [5, 5.41) is 10.3. The zero-order valence-electron chi connectivity index (χ0n) is 11.6. The van der Waals surface area contributed by atoms with Gasteiger partial charge in [-0.2, -0.15) is 0 Å². The molecule has 0 aromatic rings. The topological polar surface area (TPSA) is 38.7 Å². The van der Waals surface area contributed by atoms with Gasteiger partial charge in [0.15, 0.2) is 5.79 Å². The van der Waals surface area contributed by atoms with Crippen LogP contribution in [0.4, 0.5) is 0 Å². The molecule has 102 valence electrons. The predicted molar refractivity (Wildman–Crippen MR) is 69.0 cm³/mol. The lowest BCUT2D eigenvalue weighted by Gasteiger charge is -2.37. The lowest BCUT2D eigenvalue weighted by Crippen LogP contribution is -2.40. The zero-order valence-corrected chi connectivity index (χ0v) is 11.6. The molecule has 1 spiro atoms. The number of fused-ring (bicyclic) bond motifs is 2. The molecule has 3 heteroatoms. The predicted octanol–water partition coefficient (Wildman–Crippen LogP) is 2.49. The fourth-order valence-electron chi connectivity index (χ4n) is 4.01. The summed E-state index contributed by atoms with van der Waals surface area (Å²) < 4.78 is 11.9. The zero-order chi connectivity index (χ0) is 13.0. The van der Waals surface area contributed by atoms with Crippen LogP contribution in [-0.4, -0.2) is 30.2 Å². The first-order valence-electron chi connectivity index (χ1n) is 7.09. The number of allylic oxidation sites excluding steroid dienone is 1. The summed E-state index contributed by atoms with van der Waals surface area (Å²) in [5.74, 6) is 0.545. The Bertz CT molecular complexity index is 366. The van der Waals surface area contributed by atoms with Crippen LogP contribution in [0.15, 0.2) is 11.6 Å². The third kappa shape index (κ3) is 1.75. The van der Waals surface area contributed by atoms with Gasteiger partial charge < -0.3 is 14.6 Å². The summed E-state index contributed by atoms with van der Waals surface area (Å²) in [6.45, 7) is 7.87. The van der Waals surface area contributed by atoms with Gasteiger partial charge in [0.1, 0.15) is 0 Å². The summed E-state index contributed by atoms with van der Waals surface area (Å²) in [6, 6.07) is 0. The second-order valence-electron chi connectivity index (χ2n) is 6.81. The van der Waals surface area contributed by atoms with Crippen LogP contribution in [0.2, 0.25) is 0 Å². The minimum absolute atomic E-state index is 0.104. The average molecular weight is 252 g/mol. The Kier molecular flexibility index (Phi) is 2.85. The Morgan fingerprint density at radius 1 is 1.28 bits per heavy atom. The Morgan fingerprint density at radius 3 is 2.61 bits per heavy atom. The quantitative estimate of drug-likeness (QED) is 0.673. The molecule has 3 rings (SSSR count). The molecule has 3 aliphatic rings. The number of ether oxygens (including phenoxy) is 2. The molecule has 0 amide bonds. The highest BCUT2D eigenvalue weighted by atomic mass is 16.7. The number of aliphatic hydroxyl groups excluding tert-OH is 1. The van der Waals surface area contributed by atoms with Gasteiger partial charge in [-0.1, -0.05) is 25.5 Å². The molecular formula is C15H24O3. The van der Waals surface area contributed by atoms with Crippen molar-refractivity contribution < 1.29 is 14.6 Å². The van der Waals surface area contributed by atoms with Crippen molar-refractivity contribution in [2.75, 3.05) is 13.2 Å². The summed E-state index contributed by atoms with van der Waals surface area (Å²) in [4.78, 5) is 0. The second-order valence-corrected chi connectivity index (χ2v) is 6.81. The standard InChI is InChI=1S/C15H24O3/c1-10-8-13(16)14(2,3)9-12-11(10)4-5-15(12)17-6-7-18-15/h8,11-13,16H,4-7,9H2,1-3H3. The maximum Gasteiger partial charge on any atom is 0.171 e. The summed E-state index contributed by atoms with van der Waals surface area (Å²) in [6.07, 6.45) is 4.78. The summed E-state index contributed by atoms with van der Waals surface area (Å²) in [5.41, 5.74) is 1.21. The van der Waals surface area contributed by atoms with Gasteiger partial charge in [0.05, 0.1) is 19.3 Å². The van der Waals surface area contributed by atoms with Crippen LogP contribution in [0.5, 0.6) is 0 Å². The van der Waals surface area contributed by atoms with Crippen LogP contribution in [0.3, 0.4) is 0 Å². The third-order valence-corrected chi connectivity index (χ3v) is 5.18. The van der Waals surface area contributed by atoms with Crippen LogP contribution in [0.25, 0.3) is 0 Å². The third-order valence-electron chi connectivity index (χ3n) is 5.18. The van der Waals surface area contributed by atoms with Gasteiger partial charge in [-0.3, -0.25) is 0 Å². The number of rotatable bonds is 0. The molecule has 1 heterocycles. The van der Waals surface area contributed by atoms with E-state index < -0.39 is 0 Å². The van der Waals surface area contributed by atoms with Crippen molar-refractivity contribution in [3.05, 3.63) is 11.6 Å². The van der Waals surface area contributed by atoms with Gasteiger partial charge in [0, 0.05) is 12.3 Å². The highest BCUT2D eigenvalue weighted by Crippen LogP contribution is 2.54. The molecular weight excluding hydrogens is 228 g/mol. The maximum absolute atomic E-state index is 10.3. The fourth-order valence-corrected chi connectivity index (χ4v) is 4.01. The number of aliphatic hydroxyl groups is 1. The molecule has 2 fully saturated rings. The van der Waals surface area contributed by atoms with Gasteiger partial charge in [-0.15, -0.1) is 0 Å². The molecule has 1 N–H and O–H groups in total. The van der Waals surface area contributed by atoms with E-state index in [2.05, 4.69) is 26.8 Å². The molecule has 0 aromatic heterocycles. The van der Waals surface area contributed by atoms with Crippen LogP contribution in [-0.2, 0) is 9.47 Å². The summed E-state index contributed by atoms with van der Waals surface area (Å²) in [7, 11) is 0. The van der Waals surface area contributed by atoms with E-state index >= 15 is 0 Å². The SMILES string of the molecule is CC1=CC(O)C(C)(C)CC2C1CCC21OCCO1. The molecule has 3 nitrogen and oxygen atoms in total. The van der Waals surface area contributed by atoms with Crippen LogP contribution in [0.1, 0.15) is 40.0 Å². The van der Waals surface area contributed by atoms with Crippen molar-refractivity contribution in [2.24, 2.45) is 17.3 Å². The van der Waals surface area contributed by atoms with E-state index in [1.165, 1.54) is 5.57 Å². The number of hydrogen-bond donors (Lipinski definition) is 1. The maximum atomic E-state index is 10.3. The normalized spacial score (nSPS) is 41.6. The van der Waals surface area contributed by atoms with Gasteiger partial charge in [-0.25, -0.2) is 0 Å². The van der Waals surface area contributed by atoms with Gasteiger partial charge in [-0.05, 0) is 31.1 Å². The number of hydrogen-bond acceptors (Lipinski definition) is 3. The lowest BCUT2D eigenvalue weighted by molar-refractivity contribution is -0.192. The molecule has 3 unspecified atom stereocenters. The van der Waals surface area contributed by atoms with E-state index in [-0.39, 0.29) is 17.3 Å². The van der Waals surface area contributed by atoms with Crippen molar-refractivity contribution in [1.82, 2.24) is 0 Å². The van der Waals surface area contributed by atoms with Crippen molar-refractivity contribution in [1.29, 1.82) is 0 Å².